The minimum atomic E-state index is -0.539. The number of carbonyl (C=O) groups excluding carboxylic acids is 1. The Bertz CT molecular complexity index is 547. The third-order valence-corrected chi connectivity index (χ3v) is 2.18. The number of aromatic nitrogens is 2. The van der Waals surface area contributed by atoms with Crippen molar-refractivity contribution in [1.82, 2.24) is 9.71 Å². The van der Waals surface area contributed by atoms with E-state index < -0.39 is 5.97 Å². The largest absolute Gasteiger partial charge is 0.805 e. The second-order valence-electron chi connectivity index (χ2n) is 3.22. The van der Waals surface area contributed by atoms with Crippen molar-refractivity contribution in [2.75, 3.05) is 12.3 Å². The first kappa shape index (κ1) is 10.3. The van der Waals surface area contributed by atoms with Crippen LogP contribution in [0.5, 0.6) is 0 Å². The van der Waals surface area contributed by atoms with Gasteiger partial charge in [0.2, 0.25) is 0 Å². The molecule has 0 fully saturated rings. The van der Waals surface area contributed by atoms with E-state index in [1.165, 1.54) is 12.1 Å². The maximum atomic E-state index is 11.5. The van der Waals surface area contributed by atoms with Gasteiger partial charge < -0.3 is 20.4 Å². The number of benzene rings is 1. The fourth-order valence-electron chi connectivity index (χ4n) is 1.44. The van der Waals surface area contributed by atoms with Gasteiger partial charge in [0.1, 0.15) is 0 Å². The molecular formula is C10H10N3O3-. The van der Waals surface area contributed by atoms with Crippen molar-refractivity contribution in [3.63, 3.8) is 0 Å². The first-order valence-corrected chi connectivity index (χ1v) is 4.74. The van der Waals surface area contributed by atoms with Crippen LogP contribution in [0.4, 0.5) is 5.69 Å². The molecular weight excluding hydrogens is 210 g/mol. The predicted octanol–water partition coefficient (Wildman–Crippen LogP) is 1.14. The molecule has 0 saturated carbocycles. The summed E-state index contributed by atoms with van der Waals surface area (Å²) in [5, 5.41) is 11.3. The number of esters is 1. The van der Waals surface area contributed by atoms with Crippen molar-refractivity contribution in [3.8, 4) is 0 Å². The second kappa shape index (κ2) is 3.73. The van der Waals surface area contributed by atoms with Crippen LogP contribution < -0.4 is 5.73 Å². The Morgan fingerprint density at radius 3 is 3.06 bits per heavy atom. The lowest BCUT2D eigenvalue weighted by atomic mass is 10.1. The van der Waals surface area contributed by atoms with Crippen LogP contribution in [0.1, 0.15) is 17.3 Å². The number of ether oxygens (including phenoxy) is 1. The lowest BCUT2D eigenvalue weighted by Crippen LogP contribution is -2.08. The summed E-state index contributed by atoms with van der Waals surface area (Å²) in [6, 6.07) is 2.87. The quantitative estimate of drug-likeness (QED) is 0.605. The minimum Gasteiger partial charge on any atom is -0.805 e. The summed E-state index contributed by atoms with van der Waals surface area (Å²) >= 11 is 0. The van der Waals surface area contributed by atoms with Gasteiger partial charge in [-0.1, -0.05) is 0 Å². The first-order chi connectivity index (χ1) is 7.63. The zero-order valence-corrected chi connectivity index (χ0v) is 8.64. The number of fused-ring (bicyclic) bond motifs is 1. The van der Waals surface area contributed by atoms with Crippen LogP contribution in [0.25, 0.3) is 11.0 Å². The fraction of sp³-hybridized carbons (Fsp3) is 0.200. The number of nitrogen functional groups attached to an aromatic ring is 1. The van der Waals surface area contributed by atoms with Gasteiger partial charge in [-0.05, 0) is 19.1 Å². The van der Waals surface area contributed by atoms with Crippen molar-refractivity contribution in [3.05, 3.63) is 29.2 Å². The summed E-state index contributed by atoms with van der Waals surface area (Å²) in [5.74, 6) is -0.539. The van der Waals surface area contributed by atoms with Gasteiger partial charge in [-0.25, -0.2) is 9.78 Å². The lowest BCUT2D eigenvalue weighted by Gasteiger charge is -2.09. The molecule has 0 unspecified atom stereocenters. The van der Waals surface area contributed by atoms with E-state index in [2.05, 4.69) is 4.98 Å². The number of hydrogen-bond acceptors (Lipinski definition) is 5. The van der Waals surface area contributed by atoms with E-state index in [1.54, 1.807) is 6.92 Å². The third kappa shape index (κ3) is 1.54. The number of carbonyl (C=O) groups is 1. The maximum absolute atomic E-state index is 11.5. The highest BCUT2D eigenvalue weighted by Gasteiger charge is 2.13. The first-order valence-electron chi connectivity index (χ1n) is 4.74. The second-order valence-corrected chi connectivity index (χ2v) is 3.22. The van der Waals surface area contributed by atoms with Crippen molar-refractivity contribution >= 4 is 22.7 Å². The molecule has 2 aromatic rings. The number of hydrogen-bond donors (Lipinski definition) is 1. The summed E-state index contributed by atoms with van der Waals surface area (Å²) in [7, 11) is 0. The molecule has 0 amide bonds. The van der Waals surface area contributed by atoms with Gasteiger partial charge in [-0.3, -0.25) is 0 Å². The molecule has 2 N–H and O–H groups in total. The zero-order chi connectivity index (χ0) is 11.7. The smallest absolute Gasteiger partial charge is 0.340 e. The molecule has 0 bridgehead atoms. The number of rotatable bonds is 2. The monoisotopic (exact) mass is 220 g/mol. The Morgan fingerprint density at radius 2 is 2.38 bits per heavy atom. The molecule has 6 heteroatoms. The Hall–Kier alpha value is -2.24. The molecule has 0 aliphatic heterocycles. The average Bonchev–Trinajstić information content (AvgIpc) is 2.59. The molecule has 1 heterocycles. The molecule has 1 aromatic carbocycles. The lowest BCUT2D eigenvalue weighted by molar-refractivity contribution is 0.0528. The van der Waals surface area contributed by atoms with E-state index in [4.69, 9.17) is 10.5 Å². The number of nitrogens with two attached hydrogens (primary N) is 1. The molecule has 2 rings (SSSR count). The molecule has 0 atom stereocenters. The highest BCUT2D eigenvalue weighted by molar-refractivity contribution is 5.99. The molecule has 0 spiro atoms. The minimum absolute atomic E-state index is 0.187. The van der Waals surface area contributed by atoms with Gasteiger partial charge in [0, 0.05) is 5.69 Å². The molecule has 0 radical (unpaired) electrons. The number of anilines is 1. The predicted molar refractivity (Wildman–Crippen MR) is 58.9 cm³/mol. The standard InChI is InChI=1S/C10H10N3O3/c1-2-16-10(14)6-3-9-8(4-7(6)11)12-5-13(9)15/h3-5H,2,11H2,1H3/q-1. The Morgan fingerprint density at radius 1 is 1.62 bits per heavy atom. The zero-order valence-electron chi connectivity index (χ0n) is 8.64. The van der Waals surface area contributed by atoms with Crippen LogP contribution in [-0.2, 0) is 4.74 Å². The summed E-state index contributed by atoms with van der Waals surface area (Å²) in [4.78, 5) is 15.4. The van der Waals surface area contributed by atoms with Crippen molar-refractivity contribution < 1.29 is 9.53 Å². The molecule has 6 nitrogen and oxygen atoms in total. The van der Waals surface area contributed by atoms with E-state index in [0.29, 0.717) is 15.8 Å². The van der Waals surface area contributed by atoms with E-state index in [-0.39, 0.29) is 17.9 Å². The molecule has 0 aliphatic carbocycles. The maximum Gasteiger partial charge on any atom is 0.340 e. The van der Waals surface area contributed by atoms with Crippen LogP contribution in [-0.4, -0.2) is 22.3 Å². The summed E-state index contributed by atoms with van der Waals surface area (Å²) in [6.07, 6.45) is 1.12. The van der Waals surface area contributed by atoms with Gasteiger partial charge in [0.15, 0.2) is 0 Å². The van der Waals surface area contributed by atoms with Gasteiger partial charge in [0.05, 0.1) is 29.5 Å². The average molecular weight is 220 g/mol. The van der Waals surface area contributed by atoms with Crippen molar-refractivity contribution in [1.29, 1.82) is 0 Å². The Kier molecular flexibility index (Phi) is 2.40. The van der Waals surface area contributed by atoms with Crippen LogP contribution >= 0.6 is 0 Å². The number of nitrogens with zero attached hydrogens (tertiary/aromatic N) is 2. The SMILES string of the molecule is CCOC(=O)c1cc2c(cc1N)ncn2[O-]. The highest BCUT2D eigenvalue weighted by Crippen LogP contribution is 2.21. The summed E-state index contributed by atoms with van der Waals surface area (Å²) in [6.45, 7) is 1.96. The van der Waals surface area contributed by atoms with Gasteiger partial charge in [-0.15, -0.1) is 0 Å². The van der Waals surface area contributed by atoms with E-state index in [1.807, 2.05) is 0 Å². The fourth-order valence-corrected chi connectivity index (χ4v) is 1.44. The van der Waals surface area contributed by atoms with Crippen molar-refractivity contribution in [2.45, 2.75) is 6.92 Å². The Labute approximate surface area is 91.2 Å². The topological polar surface area (TPSA) is 93.2 Å². The van der Waals surface area contributed by atoms with Crippen LogP contribution in [0.15, 0.2) is 18.5 Å². The van der Waals surface area contributed by atoms with Crippen LogP contribution in [0.3, 0.4) is 0 Å². The van der Waals surface area contributed by atoms with E-state index in [9.17, 15) is 10.0 Å². The van der Waals surface area contributed by atoms with Crippen LogP contribution in [0.2, 0.25) is 0 Å². The molecule has 0 aliphatic rings. The van der Waals surface area contributed by atoms with Gasteiger partial charge >= 0.3 is 5.97 Å². The molecule has 84 valence electrons. The number of imidazole rings is 1. The normalized spacial score (nSPS) is 10.6. The molecule has 1 aromatic heterocycles. The highest BCUT2D eigenvalue weighted by atomic mass is 16.5. The molecule has 16 heavy (non-hydrogen) atoms. The summed E-state index contributed by atoms with van der Waals surface area (Å²) in [5.41, 5.74) is 6.88. The van der Waals surface area contributed by atoms with E-state index >= 15 is 0 Å². The van der Waals surface area contributed by atoms with E-state index in [0.717, 1.165) is 6.33 Å². The van der Waals surface area contributed by atoms with Crippen molar-refractivity contribution in [2.24, 2.45) is 0 Å². The summed E-state index contributed by atoms with van der Waals surface area (Å²) < 4.78 is 5.40. The van der Waals surface area contributed by atoms with Crippen LogP contribution in [0, 0.1) is 5.21 Å². The molecule has 0 saturated heterocycles. The Balaban J connectivity index is 2.56. The third-order valence-electron chi connectivity index (χ3n) is 2.18. The van der Waals surface area contributed by atoms with Gasteiger partial charge in [0.25, 0.3) is 0 Å². The van der Waals surface area contributed by atoms with Gasteiger partial charge in [-0.2, -0.15) is 0 Å².